The second kappa shape index (κ2) is 8.53. The highest BCUT2D eigenvalue weighted by atomic mass is 15.2. The van der Waals surface area contributed by atoms with E-state index in [2.05, 4.69) is 37.5 Å². The third kappa shape index (κ3) is 5.56. The molecule has 2 aliphatic rings. The molecule has 0 spiro atoms. The minimum atomic E-state index is 0.744. The van der Waals surface area contributed by atoms with E-state index < -0.39 is 0 Å². The van der Waals surface area contributed by atoms with Gasteiger partial charge >= 0.3 is 0 Å². The number of nitrogens with zero attached hydrogens (tertiary/aromatic N) is 2. The molecule has 124 valence electrons. The van der Waals surface area contributed by atoms with Crippen LogP contribution in [-0.2, 0) is 0 Å². The summed E-state index contributed by atoms with van der Waals surface area (Å²) in [6.45, 7) is 16.1. The van der Waals surface area contributed by atoms with Crippen LogP contribution >= 0.6 is 0 Å². The van der Waals surface area contributed by atoms with Crippen LogP contribution in [0, 0.1) is 17.8 Å². The van der Waals surface area contributed by atoms with Gasteiger partial charge in [-0.1, -0.05) is 13.8 Å². The molecule has 2 heteroatoms. The van der Waals surface area contributed by atoms with Gasteiger partial charge in [-0.3, -0.25) is 0 Å². The van der Waals surface area contributed by atoms with Gasteiger partial charge < -0.3 is 9.80 Å². The van der Waals surface area contributed by atoms with Gasteiger partial charge in [0.05, 0.1) is 0 Å². The molecule has 0 saturated carbocycles. The van der Waals surface area contributed by atoms with Crippen molar-refractivity contribution in [3.63, 3.8) is 0 Å². The molecule has 2 fully saturated rings. The van der Waals surface area contributed by atoms with E-state index in [0.717, 1.165) is 23.8 Å². The first kappa shape index (κ1) is 17.3. The van der Waals surface area contributed by atoms with E-state index in [1.807, 2.05) is 0 Å². The van der Waals surface area contributed by atoms with Crippen LogP contribution < -0.4 is 0 Å². The number of rotatable bonds is 6. The third-order valence-corrected chi connectivity index (χ3v) is 5.86. The fourth-order valence-electron chi connectivity index (χ4n) is 4.28. The number of piperidine rings is 2. The van der Waals surface area contributed by atoms with Crippen molar-refractivity contribution < 1.29 is 0 Å². The minimum absolute atomic E-state index is 0.744. The summed E-state index contributed by atoms with van der Waals surface area (Å²) in [5, 5.41) is 0. The molecule has 0 N–H and O–H groups in total. The summed E-state index contributed by atoms with van der Waals surface area (Å²) >= 11 is 0. The Morgan fingerprint density at radius 3 is 1.81 bits per heavy atom. The lowest BCUT2D eigenvalue weighted by atomic mass is 9.78. The van der Waals surface area contributed by atoms with Crippen molar-refractivity contribution in [1.82, 2.24) is 9.80 Å². The Morgan fingerprint density at radius 2 is 1.33 bits per heavy atom. The lowest BCUT2D eigenvalue weighted by molar-refractivity contribution is 0.0831. The zero-order valence-corrected chi connectivity index (χ0v) is 15.0. The van der Waals surface area contributed by atoms with Crippen molar-refractivity contribution in [2.45, 2.75) is 72.3 Å². The molecular weight excluding hydrogens is 256 g/mol. The van der Waals surface area contributed by atoms with E-state index in [1.54, 1.807) is 0 Å². The third-order valence-electron chi connectivity index (χ3n) is 5.86. The predicted octanol–water partition coefficient (Wildman–Crippen LogP) is 4.26. The lowest BCUT2D eigenvalue weighted by Crippen LogP contribution is -2.43. The SMILES string of the molecule is CC(C)CCCN1CCC(C2CCN(C(C)C)CC2)CC1. The van der Waals surface area contributed by atoms with Crippen LogP contribution in [0.4, 0.5) is 0 Å². The fourth-order valence-corrected chi connectivity index (χ4v) is 4.28. The summed E-state index contributed by atoms with van der Waals surface area (Å²) in [6.07, 6.45) is 8.64. The summed E-state index contributed by atoms with van der Waals surface area (Å²) < 4.78 is 0. The summed E-state index contributed by atoms with van der Waals surface area (Å²) in [6, 6.07) is 0.744. The maximum absolute atomic E-state index is 2.72. The van der Waals surface area contributed by atoms with Crippen LogP contribution in [0.5, 0.6) is 0 Å². The van der Waals surface area contributed by atoms with E-state index >= 15 is 0 Å². The van der Waals surface area contributed by atoms with Crippen molar-refractivity contribution >= 4 is 0 Å². The Labute approximate surface area is 133 Å². The van der Waals surface area contributed by atoms with E-state index in [4.69, 9.17) is 0 Å². The van der Waals surface area contributed by atoms with Crippen LogP contribution in [0.3, 0.4) is 0 Å². The predicted molar refractivity (Wildman–Crippen MR) is 92.7 cm³/mol. The lowest BCUT2D eigenvalue weighted by Gasteiger charge is -2.41. The van der Waals surface area contributed by atoms with Gasteiger partial charge in [0.1, 0.15) is 0 Å². The first-order valence-corrected chi connectivity index (χ1v) is 9.52. The van der Waals surface area contributed by atoms with E-state index in [0.29, 0.717) is 0 Å². The van der Waals surface area contributed by atoms with Gasteiger partial charge in [-0.2, -0.15) is 0 Å². The molecule has 2 heterocycles. The topological polar surface area (TPSA) is 6.48 Å². The molecule has 2 saturated heterocycles. The standard InChI is InChI=1S/C19H38N2/c1-16(2)6-5-11-20-12-7-18(8-13-20)19-9-14-21(15-10-19)17(3)4/h16-19H,5-15H2,1-4H3. The zero-order chi connectivity index (χ0) is 15.2. The highest BCUT2D eigenvalue weighted by Crippen LogP contribution is 2.33. The Balaban J connectivity index is 1.63. The number of hydrogen-bond donors (Lipinski definition) is 0. The normalized spacial score (nSPS) is 24.3. The molecule has 0 amide bonds. The van der Waals surface area contributed by atoms with Crippen LogP contribution in [0.1, 0.15) is 66.2 Å². The fraction of sp³-hybridized carbons (Fsp3) is 1.00. The zero-order valence-electron chi connectivity index (χ0n) is 15.0. The van der Waals surface area contributed by atoms with Crippen LogP contribution in [0.25, 0.3) is 0 Å². The van der Waals surface area contributed by atoms with Gasteiger partial charge in [0, 0.05) is 6.04 Å². The van der Waals surface area contributed by atoms with Crippen LogP contribution in [0.2, 0.25) is 0 Å². The van der Waals surface area contributed by atoms with Gasteiger partial charge in [-0.05, 0) is 103 Å². The Bertz CT molecular complexity index is 271. The van der Waals surface area contributed by atoms with Gasteiger partial charge in [0.15, 0.2) is 0 Å². The molecule has 0 aliphatic carbocycles. The summed E-state index contributed by atoms with van der Waals surface area (Å²) in [5.74, 6) is 2.92. The van der Waals surface area contributed by atoms with Crippen molar-refractivity contribution in [1.29, 1.82) is 0 Å². The van der Waals surface area contributed by atoms with Crippen LogP contribution in [0.15, 0.2) is 0 Å². The number of likely N-dealkylation sites (tertiary alicyclic amines) is 2. The Morgan fingerprint density at radius 1 is 0.810 bits per heavy atom. The summed E-state index contributed by atoms with van der Waals surface area (Å²) in [5.41, 5.74) is 0. The van der Waals surface area contributed by atoms with Gasteiger partial charge in [0.25, 0.3) is 0 Å². The molecule has 0 radical (unpaired) electrons. The highest BCUT2D eigenvalue weighted by Gasteiger charge is 2.29. The Hall–Kier alpha value is -0.0800. The van der Waals surface area contributed by atoms with E-state index in [1.165, 1.54) is 71.2 Å². The minimum Gasteiger partial charge on any atom is -0.303 e. The van der Waals surface area contributed by atoms with Gasteiger partial charge in [0.2, 0.25) is 0 Å². The highest BCUT2D eigenvalue weighted by molar-refractivity contribution is 4.83. The van der Waals surface area contributed by atoms with Crippen molar-refractivity contribution in [2.24, 2.45) is 17.8 Å². The van der Waals surface area contributed by atoms with Crippen molar-refractivity contribution in [3.05, 3.63) is 0 Å². The van der Waals surface area contributed by atoms with Crippen molar-refractivity contribution in [3.8, 4) is 0 Å². The van der Waals surface area contributed by atoms with Gasteiger partial charge in [-0.25, -0.2) is 0 Å². The largest absolute Gasteiger partial charge is 0.303 e. The van der Waals surface area contributed by atoms with E-state index in [9.17, 15) is 0 Å². The molecule has 0 bridgehead atoms. The Kier molecular flexibility index (Phi) is 7.01. The average Bonchev–Trinajstić information content (AvgIpc) is 2.48. The molecule has 0 aromatic rings. The molecule has 2 aliphatic heterocycles. The van der Waals surface area contributed by atoms with Gasteiger partial charge in [-0.15, -0.1) is 0 Å². The first-order chi connectivity index (χ1) is 10.1. The molecule has 0 atom stereocenters. The first-order valence-electron chi connectivity index (χ1n) is 9.52. The van der Waals surface area contributed by atoms with Crippen molar-refractivity contribution in [2.75, 3.05) is 32.7 Å². The summed E-state index contributed by atoms with van der Waals surface area (Å²) in [4.78, 5) is 5.39. The molecule has 0 unspecified atom stereocenters. The molecule has 2 nitrogen and oxygen atoms in total. The average molecular weight is 295 g/mol. The van der Waals surface area contributed by atoms with E-state index in [-0.39, 0.29) is 0 Å². The summed E-state index contributed by atoms with van der Waals surface area (Å²) in [7, 11) is 0. The second-order valence-electron chi connectivity index (χ2n) is 8.18. The molecule has 0 aromatic heterocycles. The monoisotopic (exact) mass is 294 g/mol. The second-order valence-corrected chi connectivity index (χ2v) is 8.18. The maximum atomic E-state index is 2.72. The molecule has 2 rings (SSSR count). The molecule has 21 heavy (non-hydrogen) atoms. The van der Waals surface area contributed by atoms with Crippen LogP contribution in [-0.4, -0.2) is 48.6 Å². The quantitative estimate of drug-likeness (QED) is 0.722. The molecular formula is C19H38N2. The molecule has 0 aromatic carbocycles. The smallest absolute Gasteiger partial charge is 0.00385 e. The number of hydrogen-bond acceptors (Lipinski definition) is 2. The maximum Gasteiger partial charge on any atom is 0.00385 e.